The van der Waals surface area contributed by atoms with Crippen molar-refractivity contribution in [2.75, 3.05) is 14.2 Å². The fraction of sp³-hybridized carbons (Fsp3) is 0.133. The smallest absolute Gasteiger partial charge is 0.337 e. The minimum atomic E-state index is -0.607. The van der Waals surface area contributed by atoms with Gasteiger partial charge in [-0.1, -0.05) is 6.07 Å². The van der Waals surface area contributed by atoms with E-state index in [0.717, 1.165) is 6.07 Å². The number of rotatable bonds is 3. The van der Waals surface area contributed by atoms with Crippen LogP contribution in [0.4, 0.5) is 4.39 Å². The van der Waals surface area contributed by atoms with Gasteiger partial charge in [0.05, 0.1) is 19.8 Å². The lowest BCUT2D eigenvalue weighted by atomic mass is 10.0. The summed E-state index contributed by atoms with van der Waals surface area (Å²) in [6, 6.07) is 8.44. The van der Waals surface area contributed by atoms with Gasteiger partial charge in [-0.15, -0.1) is 0 Å². The topological polar surface area (TPSA) is 55.8 Å². The van der Waals surface area contributed by atoms with E-state index in [0.29, 0.717) is 11.3 Å². The first-order chi connectivity index (χ1) is 9.55. The molecular weight excluding hydrogens is 263 g/mol. The fourth-order valence-electron chi connectivity index (χ4n) is 1.85. The van der Waals surface area contributed by atoms with Crippen LogP contribution < -0.4 is 4.74 Å². The third-order valence-electron chi connectivity index (χ3n) is 2.83. The van der Waals surface area contributed by atoms with Gasteiger partial charge in [-0.3, -0.25) is 0 Å². The Labute approximate surface area is 115 Å². The number of hydrogen-bond donors (Lipinski definition) is 1. The number of ether oxygens (including phenoxy) is 2. The first kappa shape index (κ1) is 13.9. The number of phenolic OH excluding ortho intramolecular Hbond substituents is 1. The summed E-state index contributed by atoms with van der Waals surface area (Å²) in [5.41, 5.74) is 0.837. The van der Waals surface area contributed by atoms with Gasteiger partial charge in [-0.25, -0.2) is 9.18 Å². The molecule has 0 heterocycles. The van der Waals surface area contributed by atoms with E-state index in [-0.39, 0.29) is 16.9 Å². The summed E-state index contributed by atoms with van der Waals surface area (Å²) in [5, 5.41) is 9.58. The molecule has 2 aromatic carbocycles. The molecule has 0 fully saturated rings. The molecule has 0 saturated carbocycles. The summed E-state index contributed by atoms with van der Waals surface area (Å²) in [7, 11) is 2.68. The predicted molar refractivity (Wildman–Crippen MR) is 71.4 cm³/mol. The van der Waals surface area contributed by atoms with Crippen molar-refractivity contribution >= 4 is 5.97 Å². The molecule has 0 amide bonds. The summed E-state index contributed by atoms with van der Waals surface area (Å²) < 4.78 is 23.6. The molecule has 5 heteroatoms. The zero-order valence-electron chi connectivity index (χ0n) is 11.0. The van der Waals surface area contributed by atoms with Crippen molar-refractivity contribution < 1.29 is 23.8 Å². The molecule has 0 bridgehead atoms. The molecule has 0 atom stereocenters. The predicted octanol–water partition coefficient (Wildman–Crippen LogP) is 2.99. The van der Waals surface area contributed by atoms with Crippen molar-refractivity contribution in [3.63, 3.8) is 0 Å². The van der Waals surface area contributed by atoms with E-state index in [9.17, 15) is 14.3 Å². The maximum atomic E-state index is 14.1. The van der Waals surface area contributed by atoms with Gasteiger partial charge in [0.15, 0.2) is 0 Å². The highest BCUT2D eigenvalue weighted by molar-refractivity contribution is 5.90. The zero-order chi connectivity index (χ0) is 14.7. The number of aromatic hydroxyl groups is 1. The van der Waals surface area contributed by atoms with Crippen LogP contribution in [0, 0.1) is 5.82 Å². The van der Waals surface area contributed by atoms with Crippen LogP contribution in [0.25, 0.3) is 11.1 Å². The van der Waals surface area contributed by atoms with E-state index in [4.69, 9.17) is 4.74 Å². The molecule has 0 unspecified atom stereocenters. The molecule has 2 rings (SSSR count). The number of carbonyl (C=O) groups is 1. The van der Waals surface area contributed by atoms with Crippen molar-refractivity contribution in [1.29, 1.82) is 0 Å². The molecule has 0 aliphatic carbocycles. The minimum Gasteiger partial charge on any atom is -0.508 e. The Morgan fingerprint density at radius 3 is 2.50 bits per heavy atom. The van der Waals surface area contributed by atoms with Gasteiger partial charge in [0.2, 0.25) is 0 Å². The number of esters is 1. The van der Waals surface area contributed by atoms with Gasteiger partial charge in [0.1, 0.15) is 17.3 Å². The monoisotopic (exact) mass is 276 g/mol. The number of halogens is 1. The molecule has 4 nitrogen and oxygen atoms in total. The molecule has 0 aliphatic heterocycles. The van der Waals surface area contributed by atoms with Crippen LogP contribution in [0.5, 0.6) is 11.5 Å². The van der Waals surface area contributed by atoms with E-state index in [1.165, 1.54) is 38.5 Å². The van der Waals surface area contributed by atoms with Crippen LogP contribution in [0.15, 0.2) is 36.4 Å². The Morgan fingerprint density at radius 1 is 1.15 bits per heavy atom. The number of methoxy groups -OCH3 is 2. The second-order valence-electron chi connectivity index (χ2n) is 4.11. The minimum absolute atomic E-state index is 0.0317. The lowest BCUT2D eigenvalue weighted by Gasteiger charge is -2.08. The maximum Gasteiger partial charge on any atom is 0.337 e. The van der Waals surface area contributed by atoms with Crippen molar-refractivity contribution in [3.8, 4) is 22.6 Å². The summed E-state index contributed by atoms with van der Waals surface area (Å²) in [5.74, 6) is -0.809. The van der Waals surface area contributed by atoms with Gasteiger partial charge in [-0.05, 0) is 29.8 Å². The van der Waals surface area contributed by atoms with Gasteiger partial charge < -0.3 is 14.6 Å². The molecule has 0 aromatic heterocycles. The second-order valence-corrected chi connectivity index (χ2v) is 4.11. The van der Waals surface area contributed by atoms with E-state index in [1.807, 2.05) is 0 Å². The average Bonchev–Trinajstić information content (AvgIpc) is 2.45. The number of carbonyl (C=O) groups excluding carboxylic acids is 1. The Bertz CT molecular complexity index is 652. The van der Waals surface area contributed by atoms with Crippen molar-refractivity contribution in [1.82, 2.24) is 0 Å². The zero-order valence-corrected chi connectivity index (χ0v) is 11.0. The summed E-state index contributed by atoms with van der Waals surface area (Å²) >= 11 is 0. The van der Waals surface area contributed by atoms with Crippen molar-refractivity contribution in [2.45, 2.75) is 0 Å². The van der Waals surface area contributed by atoms with E-state index < -0.39 is 11.8 Å². The summed E-state index contributed by atoms with van der Waals surface area (Å²) in [4.78, 5) is 11.3. The van der Waals surface area contributed by atoms with Crippen LogP contribution in [0.2, 0.25) is 0 Å². The first-order valence-electron chi connectivity index (χ1n) is 5.81. The highest BCUT2D eigenvalue weighted by Gasteiger charge is 2.12. The molecule has 1 N–H and O–H groups in total. The SMILES string of the molecule is COC(=O)c1ccc(-c2cc(O)cc(OC)c2)c(F)c1. The average molecular weight is 276 g/mol. The van der Waals surface area contributed by atoms with Crippen molar-refractivity contribution in [2.24, 2.45) is 0 Å². The Morgan fingerprint density at radius 2 is 1.90 bits per heavy atom. The van der Waals surface area contributed by atoms with Crippen LogP contribution in [0.3, 0.4) is 0 Å². The molecule has 2 aromatic rings. The molecule has 0 saturated heterocycles. The van der Waals surface area contributed by atoms with E-state index in [1.54, 1.807) is 6.07 Å². The lowest BCUT2D eigenvalue weighted by Crippen LogP contribution is -2.02. The number of phenols is 1. The number of hydrogen-bond acceptors (Lipinski definition) is 4. The lowest BCUT2D eigenvalue weighted by molar-refractivity contribution is 0.0600. The van der Waals surface area contributed by atoms with Crippen molar-refractivity contribution in [3.05, 3.63) is 47.8 Å². The van der Waals surface area contributed by atoms with Crippen LogP contribution in [0.1, 0.15) is 10.4 Å². The maximum absolute atomic E-state index is 14.1. The molecule has 0 spiro atoms. The van der Waals surface area contributed by atoms with E-state index >= 15 is 0 Å². The molecule has 0 aliphatic rings. The summed E-state index contributed by atoms with van der Waals surface area (Å²) in [6.45, 7) is 0. The number of benzene rings is 2. The van der Waals surface area contributed by atoms with Gasteiger partial charge >= 0.3 is 5.97 Å². The third-order valence-corrected chi connectivity index (χ3v) is 2.83. The second kappa shape index (κ2) is 5.61. The highest BCUT2D eigenvalue weighted by Crippen LogP contribution is 2.31. The quantitative estimate of drug-likeness (QED) is 0.876. The van der Waals surface area contributed by atoms with Crippen LogP contribution in [-0.2, 0) is 4.74 Å². The summed E-state index contributed by atoms with van der Waals surface area (Å²) in [6.07, 6.45) is 0. The van der Waals surface area contributed by atoms with Gasteiger partial charge in [0.25, 0.3) is 0 Å². The van der Waals surface area contributed by atoms with Gasteiger partial charge in [-0.2, -0.15) is 0 Å². The molecule has 20 heavy (non-hydrogen) atoms. The first-order valence-corrected chi connectivity index (χ1v) is 5.81. The van der Waals surface area contributed by atoms with Gasteiger partial charge in [0, 0.05) is 11.6 Å². The largest absolute Gasteiger partial charge is 0.508 e. The Kier molecular flexibility index (Phi) is 3.89. The van der Waals surface area contributed by atoms with Crippen LogP contribution in [-0.4, -0.2) is 25.3 Å². The Hall–Kier alpha value is -2.56. The molecular formula is C15H13FO4. The molecule has 104 valence electrons. The molecule has 0 radical (unpaired) electrons. The van der Waals surface area contributed by atoms with E-state index in [2.05, 4.69) is 4.74 Å². The highest BCUT2D eigenvalue weighted by atomic mass is 19.1. The van der Waals surface area contributed by atoms with Crippen LogP contribution >= 0.6 is 0 Å². The Balaban J connectivity index is 2.48. The fourth-order valence-corrected chi connectivity index (χ4v) is 1.85. The standard InChI is InChI=1S/C15H13FO4/c1-19-12-6-10(5-11(17)8-12)13-4-3-9(7-14(13)16)15(18)20-2/h3-8,17H,1-2H3. The third kappa shape index (κ3) is 2.71. The normalized spacial score (nSPS) is 10.2.